The number of aliphatic carboxylic acids is 1. The number of hydrogen-bond donors (Lipinski definition) is 3. The van der Waals surface area contributed by atoms with Crippen molar-refractivity contribution < 1.29 is 32.3 Å². The predicted octanol–water partition coefficient (Wildman–Crippen LogP) is 3.32. The second-order valence-corrected chi connectivity index (χ2v) is 6.23. The Morgan fingerprint density at radius 1 is 1.29 bits per heavy atom. The van der Waals surface area contributed by atoms with Gasteiger partial charge in [-0.15, -0.1) is 0 Å². The first-order chi connectivity index (χ1) is 14.4. The van der Waals surface area contributed by atoms with Gasteiger partial charge in [-0.25, -0.2) is 24.4 Å². The van der Waals surface area contributed by atoms with Crippen LogP contribution in [0.1, 0.15) is 19.7 Å². The van der Waals surface area contributed by atoms with Crippen molar-refractivity contribution in [1.29, 1.82) is 5.26 Å². The average Bonchev–Trinajstić information content (AvgIpc) is 2.67. The van der Waals surface area contributed by atoms with E-state index in [1.54, 1.807) is 12.1 Å². The third kappa shape index (κ3) is 9.39. The minimum Gasteiger partial charge on any atom is -0.475 e. The van der Waals surface area contributed by atoms with Crippen molar-refractivity contribution in [3.8, 4) is 6.07 Å². The molecule has 2 rings (SSSR count). The summed E-state index contributed by atoms with van der Waals surface area (Å²) in [5.41, 5.74) is 2.98. The zero-order valence-corrected chi connectivity index (χ0v) is 16.3. The molecule has 9 nitrogen and oxygen atoms in total. The molecule has 0 spiro atoms. The lowest BCUT2D eigenvalue weighted by Crippen LogP contribution is -2.47. The highest BCUT2D eigenvalue weighted by atomic mass is 19.4. The smallest absolute Gasteiger partial charge is 0.475 e. The molecule has 1 heterocycles. The van der Waals surface area contributed by atoms with Gasteiger partial charge < -0.3 is 10.4 Å². The van der Waals surface area contributed by atoms with Crippen LogP contribution in [0.2, 0.25) is 0 Å². The number of hydrazine groups is 1. The summed E-state index contributed by atoms with van der Waals surface area (Å²) < 4.78 is 44.9. The van der Waals surface area contributed by atoms with Crippen LogP contribution in [0.25, 0.3) is 0 Å². The molecular formula is C18H18F4N6O3. The molecule has 0 saturated carbocycles. The predicted molar refractivity (Wildman–Crippen MR) is 101 cm³/mol. The molecule has 0 aliphatic heterocycles. The number of anilines is 2. The maximum atomic E-state index is 13.2. The fourth-order valence-corrected chi connectivity index (χ4v) is 1.96. The first-order valence-corrected chi connectivity index (χ1v) is 8.56. The highest BCUT2D eigenvalue weighted by Gasteiger charge is 2.38. The number of alkyl halides is 3. The monoisotopic (exact) mass is 442 g/mol. The molecule has 2 aromatic rings. The maximum Gasteiger partial charge on any atom is 0.490 e. The third-order valence-corrected chi connectivity index (χ3v) is 3.13. The van der Waals surface area contributed by atoms with Gasteiger partial charge in [-0.3, -0.25) is 5.01 Å². The molecule has 1 aromatic carbocycles. The topological polar surface area (TPSA) is 131 Å². The molecule has 13 heteroatoms. The van der Waals surface area contributed by atoms with E-state index in [-0.39, 0.29) is 11.7 Å². The van der Waals surface area contributed by atoms with Crippen molar-refractivity contribution in [3.05, 3.63) is 48.2 Å². The zero-order chi connectivity index (χ0) is 23.6. The van der Waals surface area contributed by atoms with E-state index >= 15 is 0 Å². The van der Waals surface area contributed by atoms with Gasteiger partial charge in [0.05, 0.1) is 0 Å². The van der Waals surface area contributed by atoms with E-state index in [0.717, 1.165) is 0 Å². The largest absolute Gasteiger partial charge is 0.490 e. The highest BCUT2D eigenvalue weighted by molar-refractivity contribution is 5.90. The third-order valence-electron chi connectivity index (χ3n) is 3.13. The molecule has 0 radical (unpaired) electrons. The van der Waals surface area contributed by atoms with Gasteiger partial charge in [0.25, 0.3) is 0 Å². The van der Waals surface area contributed by atoms with Crippen LogP contribution < -0.4 is 15.8 Å². The van der Waals surface area contributed by atoms with E-state index in [9.17, 15) is 22.4 Å². The fourth-order valence-electron chi connectivity index (χ4n) is 1.96. The van der Waals surface area contributed by atoms with Crippen molar-refractivity contribution in [2.24, 2.45) is 5.92 Å². The molecule has 3 N–H and O–H groups in total. The number of carbonyl (C=O) groups excluding carboxylic acids is 1. The summed E-state index contributed by atoms with van der Waals surface area (Å²) in [7, 11) is 0. The Labute approximate surface area is 174 Å². The normalized spacial score (nSPS) is 10.4. The number of amides is 2. The number of benzene rings is 1. The number of carbonyl (C=O) groups is 2. The molecule has 0 fully saturated rings. The number of hydrogen-bond acceptors (Lipinski definition) is 6. The van der Waals surface area contributed by atoms with Crippen LogP contribution in [0, 0.1) is 23.1 Å². The Morgan fingerprint density at radius 3 is 2.45 bits per heavy atom. The Hall–Kier alpha value is -3.95. The van der Waals surface area contributed by atoms with Gasteiger partial charge in [-0.2, -0.15) is 23.4 Å². The van der Waals surface area contributed by atoms with E-state index in [1.807, 2.05) is 19.9 Å². The van der Waals surface area contributed by atoms with E-state index < -0.39 is 24.0 Å². The van der Waals surface area contributed by atoms with Crippen LogP contribution in [0.3, 0.4) is 0 Å². The number of carboxylic acids is 1. The van der Waals surface area contributed by atoms with Crippen molar-refractivity contribution in [3.63, 3.8) is 0 Å². The maximum absolute atomic E-state index is 13.2. The van der Waals surface area contributed by atoms with E-state index in [0.29, 0.717) is 18.1 Å². The number of halogens is 4. The lowest BCUT2D eigenvalue weighted by Gasteiger charge is -2.26. The number of aromatic nitrogens is 2. The van der Waals surface area contributed by atoms with E-state index in [1.165, 1.54) is 29.4 Å². The summed E-state index contributed by atoms with van der Waals surface area (Å²) in [6, 6.07) is 8.48. The average molecular weight is 442 g/mol. The van der Waals surface area contributed by atoms with Gasteiger partial charge in [-0.05, 0) is 24.1 Å². The summed E-state index contributed by atoms with van der Waals surface area (Å²) in [5.74, 6) is -2.58. The molecule has 0 bridgehead atoms. The van der Waals surface area contributed by atoms with Crippen molar-refractivity contribution in [2.75, 3.05) is 16.9 Å². The quantitative estimate of drug-likeness (QED) is 0.478. The number of nitrogens with one attached hydrogen (secondary N) is 2. The van der Waals surface area contributed by atoms with Crippen LogP contribution in [0.15, 0.2) is 36.5 Å². The zero-order valence-electron chi connectivity index (χ0n) is 16.3. The van der Waals surface area contributed by atoms with Crippen molar-refractivity contribution in [2.45, 2.75) is 20.0 Å². The first kappa shape index (κ1) is 25.1. The number of nitriles is 1. The molecule has 0 aliphatic rings. The number of rotatable bonds is 5. The number of urea groups is 1. The molecule has 0 unspecified atom stereocenters. The first-order valence-electron chi connectivity index (χ1n) is 8.56. The molecule has 0 saturated heterocycles. The Morgan fingerprint density at radius 2 is 1.94 bits per heavy atom. The fraction of sp³-hybridized carbons (Fsp3) is 0.278. The minimum atomic E-state index is -5.08. The van der Waals surface area contributed by atoms with Crippen LogP contribution in [-0.2, 0) is 4.79 Å². The summed E-state index contributed by atoms with van der Waals surface area (Å²) in [6.07, 6.45) is -3.64. The van der Waals surface area contributed by atoms with Gasteiger partial charge >= 0.3 is 18.2 Å². The molecule has 0 aliphatic carbocycles. The Balaban J connectivity index is 0.000000592. The van der Waals surface area contributed by atoms with Crippen LogP contribution >= 0.6 is 0 Å². The summed E-state index contributed by atoms with van der Waals surface area (Å²) in [4.78, 5) is 28.9. The van der Waals surface area contributed by atoms with Crippen LogP contribution in [-0.4, -0.2) is 39.8 Å². The van der Waals surface area contributed by atoms with E-state index in [2.05, 4.69) is 20.7 Å². The minimum absolute atomic E-state index is 0.00796. The van der Waals surface area contributed by atoms with Gasteiger partial charge in [0.2, 0.25) is 5.82 Å². The van der Waals surface area contributed by atoms with Gasteiger partial charge in [-0.1, -0.05) is 19.9 Å². The summed E-state index contributed by atoms with van der Waals surface area (Å²) >= 11 is 0. The standard InChI is InChI=1S/C16H17FN6O.C2HF3O2/c1-11(2)10-23(15-6-7-19-14(9-18)21-15)22-16(24)20-13-5-3-4-12(17)8-13;3-2(4,5)1(6)7/h3-8,11H,10H2,1-2H3,(H2,20,22,24);(H,6,7). The van der Waals surface area contributed by atoms with Gasteiger partial charge in [0, 0.05) is 24.5 Å². The lowest BCUT2D eigenvalue weighted by atomic mass is 10.2. The molecular weight excluding hydrogens is 424 g/mol. The molecule has 166 valence electrons. The molecule has 0 atom stereocenters. The van der Waals surface area contributed by atoms with Crippen LogP contribution in [0.5, 0.6) is 0 Å². The Bertz CT molecular complexity index is 946. The summed E-state index contributed by atoms with van der Waals surface area (Å²) in [5, 5.41) is 20.1. The van der Waals surface area contributed by atoms with Crippen molar-refractivity contribution >= 4 is 23.5 Å². The molecule has 1 aromatic heterocycles. The molecule has 2 amide bonds. The molecule has 31 heavy (non-hydrogen) atoms. The second-order valence-electron chi connectivity index (χ2n) is 6.23. The van der Waals surface area contributed by atoms with Gasteiger partial charge in [0.1, 0.15) is 11.9 Å². The van der Waals surface area contributed by atoms with E-state index in [4.69, 9.17) is 15.2 Å². The second kappa shape index (κ2) is 11.3. The van der Waals surface area contributed by atoms with Gasteiger partial charge in [0.15, 0.2) is 5.82 Å². The SMILES string of the molecule is CC(C)CN(NC(=O)Nc1cccc(F)c1)c1ccnc(C#N)n1.O=C(O)C(F)(F)F. The Kier molecular flexibility index (Phi) is 9.14. The number of nitrogens with zero attached hydrogens (tertiary/aromatic N) is 4. The number of carboxylic acid groups (broad SMARTS) is 1. The lowest BCUT2D eigenvalue weighted by molar-refractivity contribution is -0.192. The van der Waals surface area contributed by atoms with Crippen LogP contribution in [0.4, 0.5) is 33.9 Å². The summed E-state index contributed by atoms with van der Waals surface area (Å²) in [6.45, 7) is 4.43. The van der Waals surface area contributed by atoms with Crippen molar-refractivity contribution in [1.82, 2.24) is 15.4 Å². The highest BCUT2D eigenvalue weighted by Crippen LogP contribution is 2.13.